The van der Waals surface area contributed by atoms with E-state index in [1.165, 1.54) is 19.3 Å². The Balaban J connectivity index is 4.19. The van der Waals surface area contributed by atoms with Crippen molar-refractivity contribution in [3.05, 3.63) is 97.2 Å². The minimum Gasteiger partial charge on any atom is -0.462 e. The number of aliphatic hydroxyl groups excluding tert-OH is 1. The molecule has 0 rings (SSSR count). The molecule has 0 saturated carbocycles. The third-order valence-corrected chi connectivity index (χ3v) is 8.15. The van der Waals surface area contributed by atoms with Gasteiger partial charge in [-0.15, -0.1) is 0 Å². The van der Waals surface area contributed by atoms with Gasteiger partial charge in [-0.2, -0.15) is 0 Å². The molecule has 9 nitrogen and oxygen atoms in total. The topological polar surface area (TPSA) is 140 Å². The average molecular weight is 761 g/mol. The molecule has 0 fully saturated rings. The Labute approximate surface area is 320 Å². The summed E-state index contributed by atoms with van der Waals surface area (Å²) in [4.78, 5) is 42.7. The minimum absolute atomic E-state index is 0.0924. The summed E-state index contributed by atoms with van der Waals surface area (Å²) >= 11 is 0. The van der Waals surface area contributed by atoms with Gasteiger partial charge in [-0.25, -0.2) is 4.57 Å². The number of unbranched alkanes of at least 4 members (excludes halogenated alkanes) is 8. The number of rotatable bonds is 34. The van der Waals surface area contributed by atoms with Gasteiger partial charge in [-0.1, -0.05) is 137 Å². The van der Waals surface area contributed by atoms with Crippen LogP contribution in [0.5, 0.6) is 0 Å². The highest BCUT2D eigenvalue weighted by atomic mass is 31.2. The van der Waals surface area contributed by atoms with Gasteiger partial charge in [-0.3, -0.25) is 14.1 Å². The molecule has 0 aromatic carbocycles. The van der Waals surface area contributed by atoms with Crippen molar-refractivity contribution < 1.29 is 43.0 Å². The third-order valence-electron chi connectivity index (χ3n) is 7.67. The maximum atomic E-state index is 12.4. The number of hydrogen-bond donors (Lipinski definition) is 3. The quantitative estimate of drug-likeness (QED) is 0.0192. The lowest BCUT2D eigenvalue weighted by atomic mass is 10.1. The molecule has 0 aliphatic rings. The molecule has 0 aliphatic carbocycles. The van der Waals surface area contributed by atoms with Crippen molar-refractivity contribution in [2.45, 2.75) is 148 Å². The summed E-state index contributed by atoms with van der Waals surface area (Å²) in [6.45, 7) is 3.38. The molecule has 0 amide bonds. The summed E-state index contributed by atoms with van der Waals surface area (Å²) < 4.78 is 26.2. The molecular weight excluding hydrogens is 691 g/mol. The number of phosphoric ester groups is 1. The van der Waals surface area contributed by atoms with E-state index in [1.807, 2.05) is 36.5 Å². The van der Waals surface area contributed by atoms with E-state index in [2.05, 4.69) is 73.1 Å². The van der Waals surface area contributed by atoms with E-state index in [4.69, 9.17) is 19.3 Å². The molecule has 0 spiro atoms. The first-order valence-electron chi connectivity index (χ1n) is 19.6. The van der Waals surface area contributed by atoms with Crippen LogP contribution in [0.3, 0.4) is 0 Å². The molecule has 0 heterocycles. The number of esters is 2. The van der Waals surface area contributed by atoms with Crippen LogP contribution in [-0.2, 0) is 28.2 Å². The average Bonchev–Trinajstić information content (AvgIpc) is 3.12. The predicted octanol–water partition coefficient (Wildman–Crippen LogP) is 10.8. The van der Waals surface area contributed by atoms with Crippen molar-refractivity contribution in [2.75, 3.05) is 13.2 Å². The molecular formula is C43H69O9P. The molecule has 0 saturated heterocycles. The molecule has 300 valence electrons. The first kappa shape index (κ1) is 49.9. The van der Waals surface area contributed by atoms with E-state index in [1.54, 1.807) is 6.08 Å². The summed E-state index contributed by atoms with van der Waals surface area (Å²) in [5, 5.41) is 9.99. The van der Waals surface area contributed by atoms with E-state index in [9.17, 15) is 19.3 Å². The summed E-state index contributed by atoms with van der Waals surface area (Å²) in [5.41, 5.74) is 0. The van der Waals surface area contributed by atoms with Crippen molar-refractivity contribution in [3.63, 3.8) is 0 Å². The number of phosphoric acid groups is 1. The molecule has 2 atom stereocenters. The van der Waals surface area contributed by atoms with Gasteiger partial charge in [0.25, 0.3) is 0 Å². The van der Waals surface area contributed by atoms with Crippen molar-refractivity contribution in [3.8, 4) is 0 Å². The van der Waals surface area contributed by atoms with Crippen LogP contribution in [0, 0.1) is 0 Å². The number of allylic oxidation sites excluding steroid dienone is 14. The highest BCUT2D eigenvalue weighted by molar-refractivity contribution is 7.46. The van der Waals surface area contributed by atoms with Crippen molar-refractivity contribution in [1.82, 2.24) is 0 Å². The van der Waals surface area contributed by atoms with Crippen LogP contribution < -0.4 is 0 Å². The second-order valence-electron chi connectivity index (χ2n) is 12.7. The third kappa shape index (κ3) is 40.0. The normalized spacial score (nSPS) is 14.1. The van der Waals surface area contributed by atoms with Gasteiger partial charge in [0.2, 0.25) is 0 Å². The van der Waals surface area contributed by atoms with E-state index >= 15 is 0 Å². The van der Waals surface area contributed by atoms with Gasteiger partial charge in [0.15, 0.2) is 6.10 Å². The second-order valence-corrected chi connectivity index (χ2v) is 14.0. The van der Waals surface area contributed by atoms with E-state index < -0.39 is 38.6 Å². The maximum absolute atomic E-state index is 12.4. The standard InChI is InChI=1S/C43H69O9P/c1-3-5-7-9-11-12-13-14-15-16-17-18-19-20-24-28-32-36-42(45)50-38-41(39-51-53(47,48)49)52-43(46)37-33-29-25-22-21-23-27-31-35-40(44)34-30-26-10-8-6-4-2/h5,7,11-12,14-15,17-18,22-23,25-27,30-31,35,40-41,44H,3-4,6,8-10,13,16,19-21,24,28-29,32-34,36-39H2,1-2H3,(H2,47,48,49)/b7-5-,12-11-,15-14-,18-17-,25-22-,27-23-,30-26-,35-31+/t40-,41+/m0/s1. The van der Waals surface area contributed by atoms with Crippen molar-refractivity contribution >= 4 is 19.8 Å². The Morgan fingerprint density at radius 1 is 0.604 bits per heavy atom. The zero-order valence-corrected chi connectivity index (χ0v) is 33.4. The number of carbonyl (C=O) groups is 2. The molecule has 0 radical (unpaired) electrons. The minimum atomic E-state index is -4.80. The Hall–Kier alpha value is -3.07. The zero-order valence-electron chi connectivity index (χ0n) is 32.5. The predicted molar refractivity (Wildman–Crippen MR) is 217 cm³/mol. The van der Waals surface area contributed by atoms with Crippen LogP contribution in [0.2, 0.25) is 0 Å². The fraction of sp³-hybridized carbons (Fsp3) is 0.581. The summed E-state index contributed by atoms with van der Waals surface area (Å²) in [5.74, 6) is -1.03. The SMILES string of the molecule is CC/C=C\C/C=C\C/C=C\C/C=C\CCCCCCC(=O)OC[C@H](COP(=O)(O)O)OC(=O)CCC/C=C\C/C=C\C=C\[C@@H](O)C/C=C\CCCCC. The smallest absolute Gasteiger partial charge is 0.462 e. The largest absolute Gasteiger partial charge is 0.469 e. The van der Waals surface area contributed by atoms with E-state index in [0.717, 1.165) is 57.8 Å². The first-order valence-corrected chi connectivity index (χ1v) is 21.2. The highest BCUT2D eigenvalue weighted by Crippen LogP contribution is 2.35. The second kappa shape index (κ2) is 37.3. The van der Waals surface area contributed by atoms with Gasteiger partial charge in [0.05, 0.1) is 12.7 Å². The van der Waals surface area contributed by atoms with Crippen LogP contribution in [0.4, 0.5) is 0 Å². The van der Waals surface area contributed by atoms with Gasteiger partial charge in [0, 0.05) is 12.8 Å². The maximum Gasteiger partial charge on any atom is 0.469 e. The van der Waals surface area contributed by atoms with Gasteiger partial charge in [0.1, 0.15) is 6.61 Å². The van der Waals surface area contributed by atoms with Crippen LogP contribution >= 0.6 is 7.82 Å². The molecule has 3 N–H and O–H groups in total. The molecule has 0 aromatic rings. The van der Waals surface area contributed by atoms with Gasteiger partial charge < -0.3 is 24.4 Å². The summed E-state index contributed by atoms with van der Waals surface area (Å²) in [7, 11) is -4.80. The molecule has 10 heteroatoms. The molecule has 0 aromatic heterocycles. The molecule has 0 unspecified atom stereocenters. The molecule has 0 bridgehead atoms. The number of ether oxygens (including phenoxy) is 2. The van der Waals surface area contributed by atoms with Crippen LogP contribution in [0.1, 0.15) is 136 Å². The van der Waals surface area contributed by atoms with Gasteiger partial charge in [-0.05, 0) is 83.5 Å². The van der Waals surface area contributed by atoms with Crippen LogP contribution in [0.25, 0.3) is 0 Å². The lowest BCUT2D eigenvalue weighted by Crippen LogP contribution is -2.29. The molecule has 53 heavy (non-hydrogen) atoms. The monoisotopic (exact) mass is 760 g/mol. The fourth-order valence-electron chi connectivity index (χ4n) is 4.73. The van der Waals surface area contributed by atoms with E-state index in [0.29, 0.717) is 32.1 Å². The highest BCUT2D eigenvalue weighted by Gasteiger charge is 2.22. The lowest BCUT2D eigenvalue weighted by Gasteiger charge is -2.18. The Morgan fingerprint density at radius 3 is 1.79 bits per heavy atom. The Bertz CT molecular complexity index is 1190. The Morgan fingerprint density at radius 2 is 1.15 bits per heavy atom. The summed E-state index contributed by atoms with van der Waals surface area (Å²) in [6.07, 6.45) is 47.3. The summed E-state index contributed by atoms with van der Waals surface area (Å²) in [6, 6.07) is 0. The van der Waals surface area contributed by atoms with Gasteiger partial charge >= 0.3 is 19.8 Å². The Kier molecular flexibility index (Phi) is 35.1. The number of hydrogen-bond acceptors (Lipinski definition) is 7. The first-order chi connectivity index (χ1) is 25.7. The zero-order chi connectivity index (χ0) is 39.1. The number of aliphatic hydroxyl groups is 1. The van der Waals surface area contributed by atoms with Crippen molar-refractivity contribution in [2.24, 2.45) is 0 Å². The van der Waals surface area contributed by atoms with Crippen LogP contribution in [-0.4, -0.2) is 52.3 Å². The van der Waals surface area contributed by atoms with Crippen LogP contribution in [0.15, 0.2) is 97.2 Å². The lowest BCUT2D eigenvalue weighted by molar-refractivity contribution is -0.161. The van der Waals surface area contributed by atoms with E-state index in [-0.39, 0.29) is 19.4 Å². The fourth-order valence-corrected chi connectivity index (χ4v) is 5.09. The number of carbonyl (C=O) groups excluding carboxylic acids is 2. The van der Waals surface area contributed by atoms with Crippen molar-refractivity contribution in [1.29, 1.82) is 0 Å². The molecule has 0 aliphatic heterocycles.